The molecule has 0 aliphatic rings. The molecule has 0 saturated carbocycles. The van der Waals surface area contributed by atoms with Gasteiger partial charge in [0.2, 0.25) is 5.88 Å². The van der Waals surface area contributed by atoms with Gasteiger partial charge in [-0.15, -0.1) is 0 Å². The minimum atomic E-state index is -4.45. The number of carboxylic acids is 1. The molecule has 0 saturated heterocycles. The van der Waals surface area contributed by atoms with Crippen LogP contribution in [0.3, 0.4) is 0 Å². The minimum Gasteiger partial charge on any atom is -0.497 e. The third kappa shape index (κ3) is 4.03. The summed E-state index contributed by atoms with van der Waals surface area (Å²) >= 11 is 0. The number of aromatic carboxylic acids is 1. The van der Waals surface area contributed by atoms with Crippen molar-refractivity contribution in [2.45, 2.75) is 19.1 Å². The van der Waals surface area contributed by atoms with Crippen molar-refractivity contribution in [3.63, 3.8) is 0 Å². The number of alkyl halides is 3. The number of carboxylic acid groups (broad SMARTS) is 1. The molecule has 0 radical (unpaired) electrons. The molecule has 2 heterocycles. The van der Waals surface area contributed by atoms with Gasteiger partial charge in [-0.1, -0.05) is 6.07 Å². The van der Waals surface area contributed by atoms with Crippen molar-refractivity contribution >= 4 is 16.9 Å². The van der Waals surface area contributed by atoms with E-state index in [0.717, 1.165) is 0 Å². The van der Waals surface area contributed by atoms with Gasteiger partial charge >= 0.3 is 12.1 Å². The Labute approximate surface area is 158 Å². The Morgan fingerprint density at radius 1 is 1.25 bits per heavy atom. The second-order valence-corrected chi connectivity index (χ2v) is 6.14. The van der Waals surface area contributed by atoms with Crippen molar-refractivity contribution in [2.24, 2.45) is 0 Å². The molecule has 0 amide bonds. The largest absolute Gasteiger partial charge is 0.497 e. The molecule has 1 atom stereocenters. The topological polar surface area (TPSA) is 73.6 Å². The summed E-state index contributed by atoms with van der Waals surface area (Å²) in [5, 5.41) is 10.3. The highest BCUT2D eigenvalue weighted by Gasteiger charge is 2.28. The van der Waals surface area contributed by atoms with E-state index in [1.807, 2.05) is 0 Å². The van der Waals surface area contributed by atoms with Crippen molar-refractivity contribution in [3.05, 3.63) is 53.9 Å². The number of methoxy groups -OCH3 is 1. The van der Waals surface area contributed by atoms with Crippen LogP contribution in [0.25, 0.3) is 10.9 Å². The Morgan fingerprint density at radius 2 is 2.00 bits per heavy atom. The fourth-order valence-electron chi connectivity index (χ4n) is 2.95. The first-order valence-corrected chi connectivity index (χ1v) is 8.27. The van der Waals surface area contributed by atoms with Crippen LogP contribution >= 0.6 is 0 Å². The van der Waals surface area contributed by atoms with Crippen molar-refractivity contribution in [3.8, 4) is 11.6 Å². The molecule has 0 aliphatic heterocycles. The highest BCUT2D eigenvalue weighted by molar-refractivity contribution is 5.95. The predicted molar refractivity (Wildman–Crippen MR) is 95.0 cm³/mol. The van der Waals surface area contributed by atoms with Gasteiger partial charge in [-0.2, -0.15) is 13.2 Å². The second-order valence-electron chi connectivity index (χ2n) is 6.14. The minimum absolute atomic E-state index is 0.0770. The zero-order valence-electron chi connectivity index (χ0n) is 15.0. The van der Waals surface area contributed by atoms with Crippen LogP contribution in [0.5, 0.6) is 11.6 Å². The van der Waals surface area contributed by atoms with Crippen molar-refractivity contribution in [2.75, 3.05) is 13.7 Å². The van der Waals surface area contributed by atoms with E-state index in [1.54, 1.807) is 41.8 Å². The van der Waals surface area contributed by atoms with E-state index >= 15 is 0 Å². The van der Waals surface area contributed by atoms with Gasteiger partial charge in [0.25, 0.3) is 0 Å². The lowest BCUT2D eigenvalue weighted by Crippen LogP contribution is -2.19. The lowest BCUT2D eigenvalue weighted by Gasteiger charge is -2.18. The van der Waals surface area contributed by atoms with Crippen LogP contribution in [-0.2, 0) is 0 Å². The molecule has 28 heavy (non-hydrogen) atoms. The summed E-state index contributed by atoms with van der Waals surface area (Å²) < 4.78 is 48.1. The summed E-state index contributed by atoms with van der Waals surface area (Å²) in [6, 6.07) is 9.22. The second kappa shape index (κ2) is 7.41. The molecule has 9 heteroatoms. The highest BCUT2D eigenvalue weighted by Crippen LogP contribution is 2.31. The number of halogens is 3. The zero-order chi connectivity index (χ0) is 20.5. The molecule has 1 unspecified atom stereocenters. The van der Waals surface area contributed by atoms with Gasteiger partial charge in [-0.05, 0) is 36.8 Å². The molecule has 0 fully saturated rings. The number of ether oxygens (including phenoxy) is 2. The molecule has 6 nitrogen and oxygen atoms in total. The lowest BCUT2D eigenvalue weighted by molar-refractivity contribution is -0.154. The van der Waals surface area contributed by atoms with Crippen LogP contribution in [0.4, 0.5) is 13.2 Å². The van der Waals surface area contributed by atoms with Gasteiger partial charge in [0.05, 0.1) is 13.2 Å². The number of rotatable bonds is 6. The molecule has 0 bridgehead atoms. The normalized spacial score (nSPS) is 12.8. The standard InChI is InChI=1S/C19H17F3N2O4/c1-11(12-3-6-17(23-9-12)28-10-19(20,21)22)24-15-5-4-14(27-2)7-13(15)8-16(24)18(25)26/h3-9,11H,10H2,1-2H3,(H,25,26). The van der Waals surface area contributed by atoms with Gasteiger partial charge < -0.3 is 19.1 Å². The SMILES string of the molecule is COc1ccc2c(c1)cc(C(=O)O)n2C(C)c1ccc(OCC(F)(F)F)nc1. The average Bonchev–Trinajstić information content (AvgIpc) is 3.04. The molecule has 3 rings (SSSR count). The first-order chi connectivity index (χ1) is 13.2. The van der Waals surface area contributed by atoms with Gasteiger partial charge in [-0.25, -0.2) is 9.78 Å². The number of hydrogen-bond donors (Lipinski definition) is 1. The van der Waals surface area contributed by atoms with Crippen LogP contribution in [0.2, 0.25) is 0 Å². The molecule has 1 aromatic carbocycles. The predicted octanol–water partition coefficient (Wildman–Crippen LogP) is 4.29. The third-order valence-electron chi connectivity index (χ3n) is 4.28. The van der Waals surface area contributed by atoms with Crippen LogP contribution < -0.4 is 9.47 Å². The molecule has 3 aromatic rings. The monoisotopic (exact) mass is 394 g/mol. The molecule has 0 spiro atoms. The zero-order valence-corrected chi connectivity index (χ0v) is 15.0. The number of benzene rings is 1. The summed E-state index contributed by atoms with van der Waals surface area (Å²) in [6.45, 7) is 0.353. The van der Waals surface area contributed by atoms with E-state index in [1.165, 1.54) is 19.4 Å². The Morgan fingerprint density at radius 3 is 2.57 bits per heavy atom. The summed E-state index contributed by atoms with van der Waals surface area (Å²) in [6.07, 6.45) is -3.08. The Hall–Kier alpha value is -3.23. The average molecular weight is 394 g/mol. The van der Waals surface area contributed by atoms with Crippen LogP contribution in [0.15, 0.2) is 42.6 Å². The molecule has 148 valence electrons. The van der Waals surface area contributed by atoms with Gasteiger partial charge in [0.15, 0.2) is 6.61 Å². The quantitative estimate of drug-likeness (QED) is 0.675. The maximum Gasteiger partial charge on any atom is 0.422 e. The highest BCUT2D eigenvalue weighted by atomic mass is 19.4. The van der Waals surface area contributed by atoms with E-state index in [0.29, 0.717) is 22.2 Å². The maximum absolute atomic E-state index is 12.2. The summed E-state index contributed by atoms with van der Waals surface area (Å²) in [5.74, 6) is -0.656. The van der Waals surface area contributed by atoms with Gasteiger partial charge in [0, 0.05) is 23.2 Å². The number of aromatic nitrogens is 2. The summed E-state index contributed by atoms with van der Waals surface area (Å²) in [5.41, 5.74) is 1.38. The summed E-state index contributed by atoms with van der Waals surface area (Å²) in [7, 11) is 1.52. The number of hydrogen-bond acceptors (Lipinski definition) is 4. The van der Waals surface area contributed by atoms with E-state index in [4.69, 9.17) is 4.74 Å². The van der Waals surface area contributed by atoms with Crippen molar-refractivity contribution < 1.29 is 32.5 Å². The number of pyridine rings is 1. The van der Waals surface area contributed by atoms with Crippen LogP contribution in [0, 0.1) is 0 Å². The number of carbonyl (C=O) groups is 1. The van der Waals surface area contributed by atoms with E-state index in [9.17, 15) is 23.1 Å². The fourth-order valence-corrected chi connectivity index (χ4v) is 2.95. The Balaban J connectivity index is 1.95. The first-order valence-electron chi connectivity index (χ1n) is 8.27. The Bertz CT molecular complexity index is 997. The first kappa shape index (κ1) is 19.5. The number of fused-ring (bicyclic) bond motifs is 1. The molecular formula is C19H17F3N2O4. The third-order valence-corrected chi connectivity index (χ3v) is 4.28. The van der Waals surface area contributed by atoms with Crippen LogP contribution in [-0.4, -0.2) is 40.5 Å². The molecule has 0 aliphatic carbocycles. The molecule has 1 N–H and O–H groups in total. The molecule has 2 aromatic heterocycles. The maximum atomic E-state index is 12.2. The van der Waals surface area contributed by atoms with E-state index < -0.39 is 24.8 Å². The summed E-state index contributed by atoms with van der Waals surface area (Å²) in [4.78, 5) is 15.6. The fraction of sp³-hybridized carbons (Fsp3) is 0.263. The van der Waals surface area contributed by atoms with E-state index in [-0.39, 0.29) is 11.6 Å². The van der Waals surface area contributed by atoms with E-state index in [2.05, 4.69) is 9.72 Å². The lowest BCUT2D eigenvalue weighted by atomic mass is 10.1. The van der Waals surface area contributed by atoms with Gasteiger partial charge in [-0.3, -0.25) is 0 Å². The van der Waals surface area contributed by atoms with Gasteiger partial charge in [0.1, 0.15) is 11.4 Å². The Kier molecular flexibility index (Phi) is 5.17. The van der Waals surface area contributed by atoms with Crippen molar-refractivity contribution in [1.29, 1.82) is 0 Å². The van der Waals surface area contributed by atoms with Crippen molar-refractivity contribution in [1.82, 2.24) is 9.55 Å². The van der Waals surface area contributed by atoms with Crippen LogP contribution in [0.1, 0.15) is 29.0 Å². The number of nitrogens with zero attached hydrogens (tertiary/aromatic N) is 2. The smallest absolute Gasteiger partial charge is 0.422 e. The molecular weight excluding hydrogens is 377 g/mol.